The Balaban J connectivity index is 1.89. The standard InChI is InChI=1S/C19H20ClNO4/c1-3-21-18(22)13(2)25-19(23)15-6-4-14(5-7-15)12-24-17-10-8-16(20)9-11-17/h4-11,13H,3,12H2,1-2H3,(H,21,22)/t13-/m0/s1. The predicted molar refractivity (Wildman–Crippen MR) is 95.8 cm³/mol. The van der Waals surface area contributed by atoms with E-state index in [2.05, 4.69) is 5.32 Å². The summed E-state index contributed by atoms with van der Waals surface area (Å²) in [6, 6.07) is 13.9. The highest BCUT2D eigenvalue weighted by atomic mass is 35.5. The molecule has 0 aliphatic heterocycles. The van der Waals surface area contributed by atoms with Crippen LogP contribution in [0.1, 0.15) is 29.8 Å². The van der Waals surface area contributed by atoms with Crippen LogP contribution < -0.4 is 10.1 Å². The molecule has 1 N–H and O–H groups in total. The molecule has 0 radical (unpaired) electrons. The van der Waals surface area contributed by atoms with Crippen LogP contribution in [0.5, 0.6) is 5.75 Å². The number of rotatable bonds is 7. The fourth-order valence-corrected chi connectivity index (χ4v) is 2.16. The van der Waals surface area contributed by atoms with E-state index >= 15 is 0 Å². The number of ether oxygens (including phenoxy) is 2. The Labute approximate surface area is 151 Å². The van der Waals surface area contributed by atoms with Gasteiger partial charge in [-0.2, -0.15) is 0 Å². The molecule has 0 fully saturated rings. The van der Waals surface area contributed by atoms with Crippen LogP contribution in [0.3, 0.4) is 0 Å². The number of benzene rings is 2. The summed E-state index contributed by atoms with van der Waals surface area (Å²) in [6.45, 7) is 4.20. The van der Waals surface area contributed by atoms with Gasteiger partial charge in [0.25, 0.3) is 5.91 Å². The molecule has 0 aliphatic rings. The molecule has 6 heteroatoms. The number of nitrogens with one attached hydrogen (secondary N) is 1. The van der Waals surface area contributed by atoms with E-state index < -0.39 is 12.1 Å². The lowest BCUT2D eigenvalue weighted by Crippen LogP contribution is -2.35. The molecule has 0 saturated heterocycles. The number of esters is 1. The van der Waals surface area contributed by atoms with Gasteiger partial charge in [-0.1, -0.05) is 23.7 Å². The summed E-state index contributed by atoms with van der Waals surface area (Å²) in [7, 11) is 0. The molecule has 2 aromatic carbocycles. The van der Waals surface area contributed by atoms with E-state index in [0.29, 0.717) is 29.5 Å². The molecule has 0 saturated carbocycles. The largest absolute Gasteiger partial charge is 0.489 e. The summed E-state index contributed by atoms with van der Waals surface area (Å²) in [4.78, 5) is 23.6. The molecule has 0 bridgehead atoms. The van der Waals surface area contributed by atoms with Gasteiger partial charge in [-0.15, -0.1) is 0 Å². The number of likely N-dealkylation sites (N-methyl/N-ethyl adjacent to an activating group) is 1. The summed E-state index contributed by atoms with van der Waals surface area (Å²) in [5, 5.41) is 3.26. The van der Waals surface area contributed by atoms with Crippen LogP contribution in [0, 0.1) is 0 Å². The molecule has 0 aromatic heterocycles. The minimum absolute atomic E-state index is 0.316. The Morgan fingerprint density at radius 2 is 1.72 bits per heavy atom. The number of amides is 1. The molecule has 25 heavy (non-hydrogen) atoms. The van der Waals surface area contributed by atoms with Crippen molar-refractivity contribution in [3.8, 4) is 5.75 Å². The molecule has 0 unspecified atom stereocenters. The van der Waals surface area contributed by atoms with Crippen molar-refractivity contribution in [2.75, 3.05) is 6.54 Å². The zero-order valence-corrected chi connectivity index (χ0v) is 14.9. The highest BCUT2D eigenvalue weighted by Crippen LogP contribution is 2.17. The first-order valence-electron chi connectivity index (χ1n) is 7.95. The minimum Gasteiger partial charge on any atom is -0.489 e. The fraction of sp³-hybridized carbons (Fsp3) is 0.263. The van der Waals surface area contributed by atoms with Crippen molar-refractivity contribution in [3.63, 3.8) is 0 Å². The maximum absolute atomic E-state index is 12.0. The number of halogens is 1. The Morgan fingerprint density at radius 1 is 1.08 bits per heavy atom. The van der Waals surface area contributed by atoms with Crippen LogP contribution in [0.2, 0.25) is 5.02 Å². The van der Waals surface area contributed by atoms with E-state index in [1.165, 1.54) is 6.92 Å². The van der Waals surface area contributed by atoms with Gasteiger partial charge < -0.3 is 14.8 Å². The van der Waals surface area contributed by atoms with Gasteiger partial charge in [0.1, 0.15) is 12.4 Å². The Kier molecular flexibility index (Phi) is 6.83. The summed E-state index contributed by atoms with van der Waals surface area (Å²) in [5.41, 5.74) is 1.29. The summed E-state index contributed by atoms with van der Waals surface area (Å²) >= 11 is 5.82. The van der Waals surface area contributed by atoms with Gasteiger partial charge in [0.05, 0.1) is 5.56 Å². The molecule has 2 rings (SSSR count). The lowest BCUT2D eigenvalue weighted by molar-refractivity contribution is -0.128. The molecule has 0 spiro atoms. The third kappa shape index (κ3) is 5.80. The topological polar surface area (TPSA) is 64.6 Å². The van der Waals surface area contributed by atoms with Gasteiger partial charge in [-0.25, -0.2) is 4.79 Å². The second kappa shape index (κ2) is 9.08. The minimum atomic E-state index is -0.833. The van der Waals surface area contributed by atoms with E-state index in [0.717, 1.165) is 5.56 Å². The molecule has 1 atom stereocenters. The lowest BCUT2D eigenvalue weighted by Gasteiger charge is -2.13. The molecule has 5 nitrogen and oxygen atoms in total. The summed E-state index contributed by atoms with van der Waals surface area (Å²) in [6.07, 6.45) is -0.833. The van der Waals surface area contributed by atoms with Gasteiger partial charge in [-0.3, -0.25) is 4.79 Å². The van der Waals surface area contributed by atoms with Gasteiger partial charge in [-0.05, 0) is 55.8 Å². The van der Waals surface area contributed by atoms with E-state index in [1.54, 1.807) is 55.5 Å². The number of carbonyl (C=O) groups is 2. The van der Waals surface area contributed by atoms with Crippen molar-refractivity contribution >= 4 is 23.5 Å². The Morgan fingerprint density at radius 3 is 2.32 bits per heavy atom. The van der Waals surface area contributed by atoms with Gasteiger partial charge >= 0.3 is 5.97 Å². The first-order valence-corrected chi connectivity index (χ1v) is 8.33. The van der Waals surface area contributed by atoms with Crippen molar-refractivity contribution in [1.29, 1.82) is 0 Å². The quantitative estimate of drug-likeness (QED) is 0.765. The maximum Gasteiger partial charge on any atom is 0.338 e. The molecule has 1 amide bonds. The predicted octanol–water partition coefficient (Wildman–Crippen LogP) is 3.60. The van der Waals surface area contributed by atoms with Crippen LogP contribution in [-0.4, -0.2) is 24.5 Å². The van der Waals surface area contributed by atoms with Crippen molar-refractivity contribution in [1.82, 2.24) is 5.32 Å². The number of hydrogen-bond donors (Lipinski definition) is 1. The van der Waals surface area contributed by atoms with Crippen LogP contribution >= 0.6 is 11.6 Å². The molecular formula is C19H20ClNO4. The molecule has 0 aliphatic carbocycles. The fourth-order valence-electron chi connectivity index (χ4n) is 2.03. The summed E-state index contributed by atoms with van der Waals surface area (Å²) < 4.78 is 10.8. The normalized spacial score (nSPS) is 11.5. The van der Waals surface area contributed by atoms with Crippen LogP contribution in [0.25, 0.3) is 0 Å². The van der Waals surface area contributed by atoms with E-state index in [4.69, 9.17) is 21.1 Å². The second-order valence-corrected chi connectivity index (χ2v) is 5.82. The molecule has 0 heterocycles. The Hall–Kier alpha value is -2.53. The van der Waals surface area contributed by atoms with E-state index in [1.807, 2.05) is 0 Å². The smallest absolute Gasteiger partial charge is 0.338 e. The molecule has 2 aromatic rings. The number of carbonyl (C=O) groups excluding carboxylic acids is 2. The molecular weight excluding hydrogens is 342 g/mol. The average Bonchev–Trinajstić information content (AvgIpc) is 2.61. The molecule has 132 valence electrons. The lowest BCUT2D eigenvalue weighted by atomic mass is 10.1. The number of hydrogen-bond acceptors (Lipinski definition) is 4. The van der Waals surface area contributed by atoms with Crippen molar-refractivity contribution in [2.24, 2.45) is 0 Å². The highest BCUT2D eigenvalue weighted by molar-refractivity contribution is 6.30. The summed E-state index contributed by atoms with van der Waals surface area (Å²) in [5.74, 6) is -0.142. The first-order chi connectivity index (χ1) is 12.0. The second-order valence-electron chi connectivity index (χ2n) is 5.38. The zero-order chi connectivity index (χ0) is 18.2. The van der Waals surface area contributed by atoms with E-state index in [9.17, 15) is 9.59 Å². The zero-order valence-electron chi connectivity index (χ0n) is 14.1. The van der Waals surface area contributed by atoms with Gasteiger partial charge in [0.15, 0.2) is 6.10 Å². The van der Waals surface area contributed by atoms with Gasteiger partial charge in [0.2, 0.25) is 0 Å². The average molecular weight is 362 g/mol. The SMILES string of the molecule is CCNC(=O)[C@H](C)OC(=O)c1ccc(COc2ccc(Cl)cc2)cc1. The maximum atomic E-state index is 12.0. The third-order valence-corrected chi connectivity index (χ3v) is 3.66. The van der Waals surface area contributed by atoms with Gasteiger partial charge in [0, 0.05) is 11.6 Å². The monoisotopic (exact) mass is 361 g/mol. The van der Waals surface area contributed by atoms with E-state index in [-0.39, 0.29) is 5.91 Å². The van der Waals surface area contributed by atoms with Crippen molar-refractivity contribution in [2.45, 2.75) is 26.6 Å². The Bertz CT molecular complexity index is 713. The van der Waals surface area contributed by atoms with Crippen LogP contribution in [0.4, 0.5) is 0 Å². The van der Waals surface area contributed by atoms with Crippen molar-refractivity contribution in [3.05, 3.63) is 64.7 Å². The third-order valence-electron chi connectivity index (χ3n) is 3.41. The highest BCUT2D eigenvalue weighted by Gasteiger charge is 2.18. The van der Waals surface area contributed by atoms with Crippen molar-refractivity contribution < 1.29 is 19.1 Å². The van der Waals surface area contributed by atoms with Crippen LogP contribution in [-0.2, 0) is 16.1 Å². The van der Waals surface area contributed by atoms with Crippen LogP contribution in [0.15, 0.2) is 48.5 Å². The first kappa shape index (κ1) is 18.8.